The van der Waals surface area contributed by atoms with Crippen molar-refractivity contribution in [1.29, 1.82) is 0 Å². The largest absolute Gasteiger partial charge is 0.396 e. The molecule has 3 aromatic rings. The highest BCUT2D eigenvalue weighted by molar-refractivity contribution is 7.89. The number of primary amides is 1. The van der Waals surface area contributed by atoms with Gasteiger partial charge in [0, 0.05) is 10.7 Å². The van der Waals surface area contributed by atoms with Gasteiger partial charge in [-0.15, -0.1) is 0 Å². The zero-order valence-electron chi connectivity index (χ0n) is 14.5. The van der Waals surface area contributed by atoms with E-state index in [0.29, 0.717) is 22.0 Å². The Kier molecular flexibility index (Phi) is 5.28. The van der Waals surface area contributed by atoms with E-state index in [-0.39, 0.29) is 16.1 Å². The minimum Gasteiger partial charge on any atom is -0.396 e. The third-order valence-corrected chi connectivity index (χ3v) is 5.23. The van der Waals surface area contributed by atoms with E-state index < -0.39 is 15.9 Å². The van der Waals surface area contributed by atoms with Gasteiger partial charge in [0.05, 0.1) is 21.8 Å². The molecule has 0 aliphatic carbocycles. The summed E-state index contributed by atoms with van der Waals surface area (Å²) in [6.07, 6.45) is 0. The summed E-state index contributed by atoms with van der Waals surface area (Å²) in [6.45, 7) is 0. The van der Waals surface area contributed by atoms with E-state index in [2.05, 4.69) is 5.32 Å². The fourth-order valence-electron chi connectivity index (χ4n) is 2.68. The summed E-state index contributed by atoms with van der Waals surface area (Å²) in [6, 6.07) is 16.3. The first kappa shape index (κ1) is 19.7. The number of carbonyl (C=O) groups is 1. The molecule has 0 saturated carbocycles. The number of amides is 1. The van der Waals surface area contributed by atoms with E-state index in [9.17, 15) is 13.2 Å². The number of carbonyl (C=O) groups excluding carboxylic acids is 1. The monoisotopic (exact) mass is 416 g/mol. The molecule has 0 aliphatic rings. The summed E-state index contributed by atoms with van der Waals surface area (Å²) in [5.74, 6) is -0.686. The molecule has 28 heavy (non-hydrogen) atoms. The predicted octanol–water partition coefficient (Wildman–Crippen LogP) is 3.08. The van der Waals surface area contributed by atoms with Crippen molar-refractivity contribution in [3.8, 4) is 11.1 Å². The molecular formula is C19H17ClN4O3S. The Morgan fingerprint density at radius 1 is 0.964 bits per heavy atom. The van der Waals surface area contributed by atoms with Crippen molar-refractivity contribution in [3.63, 3.8) is 0 Å². The number of halogens is 1. The molecule has 0 atom stereocenters. The summed E-state index contributed by atoms with van der Waals surface area (Å²) in [5, 5.41) is 8.77. The van der Waals surface area contributed by atoms with Crippen LogP contribution in [0.25, 0.3) is 11.1 Å². The molecule has 7 N–H and O–H groups in total. The number of hydrogen-bond acceptors (Lipinski definition) is 5. The molecule has 0 saturated heterocycles. The minimum atomic E-state index is -3.86. The molecule has 3 rings (SSSR count). The van der Waals surface area contributed by atoms with Gasteiger partial charge >= 0.3 is 0 Å². The molecule has 0 spiro atoms. The number of anilines is 3. The van der Waals surface area contributed by atoms with Gasteiger partial charge in [-0.05, 0) is 53.6 Å². The molecule has 0 unspecified atom stereocenters. The maximum Gasteiger partial charge on any atom is 0.250 e. The molecule has 0 heterocycles. The highest BCUT2D eigenvalue weighted by Gasteiger charge is 2.15. The first-order valence-electron chi connectivity index (χ1n) is 8.04. The maximum absolute atomic E-state index is 11.8. The highest BCUT2D eigenvalue weighted by atomic mass is 35.5. The van der Waals surface area contributed by atoms with E-state index in [1.807, 2.05) is 0 Å². The fraction of sp³-hybridized carbons (Fsp3) is 0. The van der Waals surface area contributed by atoms with E-state index >= 15 is 0 Å². The maximum atomic E-state index is 11.8. The van der Waals surface area contributed by atoms with Crippen LogP contribution in [0.4, 0.5) is 17.1 Å². The minimum absolute atomic E-state index is 0.0555. The van der Waals surface area contributed by atoms with Crippen LogP contribution in [-0.2, 0) is 10.0 Å². The smallest absolute Gasteiger partial charge is 0.250 e. The summed E-state index contributed by atoms with van der Waals surface area (Å²) in [7, 11) is -3.86. The van der Waals surface area contributed by atoms with Gasteiger partial charge in [-0.3, -0.25) is 4.79 Å². The zero-order chi connectivity index (χ0) is 20.5. The second-order valence-corrected chi connectivity index (χ2v) is 8.05. The standard InChI is InChI=1S/C19H17ClN4O3S/c20-13-6-4-11(5-7-13)12-8-16(19(22)25)18(21)17(9-12)24-14-2-1-3-15(10-14)28(23,26)27/h1-10,24H,21H2,(H2,22,25)(H2,23,26,27). The van der Waals surface area contributed by atoms with E-state index in [0.717, 1.165) is 5.56 Å². The molecule has 0 fully saturated rings. The van der Waals surface area contributed by atoms with Gasteiger partial charge in [0.1, 0.15) is 0 Å². The number of nitrogens with two attached hydrogens (primary N) is 3. The average molecular weight is 417 g/mol. The number of hydrogen-bond donors (Lipinski definition) is 4. The summed E-state index contributed by atoms with van der Waals surface area (Å²) < 4.78 is 23.1. The third-order valence-electron chi connectivity index (χ3n) is 4.06. The van der Waals surface area contributed by atoms with Crippen LogP contribution in [-0.4, -0.2) is 14.3 Å². The van der Waals surface area contributed by atoms with Crippen molar-refractivity contribution in [2.24, 2.45) is 10.9 Å². The van der Waals surface area contributed by atoms with Gasteiger partial charge in [0.2, 0.25) is 10.0 Å². The Morgan fingerprint density at radius 2 is 1.64 bits per heavy atom. The lowest BCUT2D eigenvalue weighted by Gasteiger charge is -2.15. The molecule has 7 nitrogen and oxygen atoms in total. The second-order valence-electron chi connectivity index (χ2n) is 6.05. The first-order valence-corrected chi connectivity index (χ1v) is 9.97. The van der Waals surface area contributed by atoms with Crippen molar-refractivity contribution in [1.82, 2.24) is 0 Å². The first-order chi connectivity index (χ1) is 13.1. The van der Waals surface area contributed by atoms with Crippen molar-refractivity contribution in [2.45, 2.75) is 4.90 Å². The molecule has 1 amide bonds. The van der Waals surface area contributed by atoms with Gasteiger partial charge in [0.25, 0.3) is 5.91 Å². The number of nitrogen functional groups attached to an aromatic ring is 1. The number of rotatable bonds is 5. The Morgan fingerprint density at radius 3 is 2.25 bits per heavy atom. The summed E-state index contributed by atoms with van der Waals surface area (Å²) >= 11 is 5.93. The van der Waals surface area contributed by atoms with Crippen LogP contribution in [0.15, 0.2) is 65.6 Å². The van der Waals surface area contributed by atoms with Crippen molar-refractivity contribution in [3.05, 3.63) is 71.2 Å². The summed E-state index contributed by atoms with van der Waals surface area (Å²) in [4.78, 5) is 11.8. The fourth-order valence-corrected chi connectivity index (χ4v) is 3.36. The SMILES string of the molecule is NC(=O)c1cc(-c2ccc(Cl)cc2)cc(Nc2cccc(S(N)(=O)=O)c2)c1N. The lowest BCUT2D eigenvalue weighted by Crippen LogP contribution is -2.15. The number of benzene rings is 3. The Balaban J connectivity index is 2.10. The topological polar surface area (TPSA) is 141 Å². The molecule has 0 aliphatic heterocycles. The van der Waals surface area contributed by atoms with Crippen LogP contribution in [0.5, 0.6) is 0 Å². The van der Waals surface area contributed by atoms with Crippen LogP contribution in [0.3, 0.4) is 0 Å². The molecule has 9 heteroatoms. The van der Waals surface area contributed by atoms with Crippen molar-refractivity contribution < 1.29 is 13.2 Å². The average Bonchev–Trinajstić information content (AvgIpc) is 2.63. The normalized spacial score (nSPS) is 11.2. The molecular weight excluding hydrogens is 400 g/mol. The van der Waals surface area contributed by atoms with Crippen LogP contribution in [0.2, 0.25) is 5.02 Å². The molecule has 0 radical (unpaired) electrons. The zero-order valence-corrected chi connectivity index (χ0v) is 16.1. The lowest BCUT2D eigenvalue weighted by atomic mass is 10.00. The van der Waals surface area contributed by atoms with Gasteiger partial charge in [0.15, 0.2) is 0 Å². The van der Waals surface area contributed by atoms with Gasteiger partial charge in [-0.25, -0.2) is 13.6 Å². The summed E-state index contributed by atoms with van der Waals surface area (Å²) in [5.41, 5.74) is 14.2. The van der Waals surface area contributed by atoms with Crippen LogP contribution < -0.4 is 21.9 Å². The number of primary sulfonamides is 1. The van der Waals surface area contributed by atoms with Crippen LogP contribution in [0, 0.1) is 0 Å². The molecule has 144 valence electrons. The molecule has 3 aromatic carbocycles. The quantitative estimate of drug-likeness (QED) is 0.473. The van der Waals surface area contributed by atoms with Gasteiger partial charge in [-0.2, -0.15) is 0 Å². The van der Waals surface area contributed by atoms with Crippen molar-refractivity contribution >= 4 is 44.6 Å². The molecule has 0 bridgehead atoms. The highest BCUT2D eigenvalue weighted by Crippen LogP contribution is 2.33. The Hall–Kier alpha value is -3.07. The van der Waals surface area contributed by atoms with E-state index in [4.69, 9.17) is 28.2 Å². The number of nitrogens with one attached hydrogen (secondary N) is 1. The number of sulfonamides is 1. The lowest BCUT2D eigenvalue weighted by molar-refractivity contribution is 0.100. The Labute approximate surface area is 167 Å². The van der Waals surface area contributed by atoms with Crippen LogP contribution in [0.1, 0.15) is 10.4 Å². The predicted molar refractivity (Wildman–Crippen MR) is 111 cm³/mol. The Bertz CT molecular complexity index is 1160. The van der Waals surface area contributed by atoms with E-state index in [1.54, 1.807) is 42.5 Å². The molecule has 0 aromatic heterocycles. The van der Waals surface area contributed by atoms with E-state index in [1.165, 1.54) is 18.2 Å². The van der Waals surface area contributed by atoms with Crippen molar-refractivity contribution in [2.75, 3.05) is 11.1 Å². The third kappa shape index (κ3) is 4.25. The van der Waals surface area contributed by atoms with Gasteiger partial charge < -0.3 is 16.8 Å². The van der Waals surface area contributed by atoms with Crippen LogP contribution >= 0.6 is 11.6 Å². The van der Waals surface area contributed by atoms with Gasteiger partial charge in [-0.1, -0.05) is 29.8 Å². The second kappa shape index (κ2) is 7.51.